The number of fused-ring (bicyclic) bond motifs is 4. The molecular formula is C33H34N4O9. The minimum absolute atomic E-state index is 0.118. The topological polar surface area (TPSA) is 223 Å². The lowest BCUT2D eigenvalue weighted by molar-refractivity contribution is -0.199. The second-order valence-electron chi connectivity index (χ2n) is 12.4. The van der Waals surface area contributed by atoms with Crippen molar-refractivity contribution in [1.82, 2.24) is 4.90 Å². The number of nitrogens with two attached hydrogens (primary N) is 1. The Labute approximate surface area is 262 Å². The lowest BCUT2D eigenvalue weighted by Gasteiger charge is -2.56. The number of rotatable bonds is 4. The first-order valence-electron chi connectivity index (χ1n) is 14.7. The van der Waals surface area contributed by atoms with E-state index in [4.69, 9.17) is 5.73 Å². The van der Waals surface area contributed by atoms with Crippen LogP contribution in [0.3, 0.4) is 0 Å². The molecule has 3 aromatic rings. The lowest BCUT2D eigenvalue weighted by atomic mass is 9.52. The van der Waals surface area contributed by atoms with E-state index in [-0.39, 0.29) is 11.3 Å². The Balaban J connectivity index is 1.41. The summed E-state index contributed by atoms with van der Waals surface area (Å²) in [5, 5.41) is 64.4. The number of Topliss-reactive ketones (excluding diaryl/α,β-unsaturated/α-hetero) is 2. The minimum atomic E-state index is -3.03. The Hall–Kier alpha value is -4.82. The number of phenolic OH excluding ortho intramolecular Hbond substituents is 1. The fourth-order valence-corrected chi connectivity index (χ4v) is 7.69. The molecular weight excluding hydrogens is 596 g/mol. The van der Waals surface area contributed by atoms with Gasteiger partial charge in [-0.25, -0.2) is 4.79 Å². The molecule has 3 amide bonds. The summed E-state index contributed by atoms with van der Waals surface area (Å²) in [6.07, 6.45) is -3.41. The van der Waals surface area contributed by atoms with Crippen LogP contribution in [0.15, 0.2) is 60.2 Å². The van der Waals surface area contributed by atoms with Crippen molar-refractivity contribution >= 4 is 51.4 Å². The molecule has 6 rings (SSSR count). The highest BCUT2D eigenvalue weighted by molar-refractivity contribution is 6.25. The highest BCUT2D eigenvalue weighted by Gasteiger charge is 2.71. The molecule has 0 spiro atoms. The molecule has 3 aromatic carbocycles. The molecule has 0 saturated heterocycles. The second kappa shape index (κ2) is 10.9. The maximum absolute atomic E-state index is 14.2. The van der Waals surface area contributed by atoms with Gasteiger partial charge in [0.15, 0.2) is 11.4 Å². The third kappa shape index (κ3) is 4.31. The molecule has 4 unspecified atom stereocenters. The van der Waals surface area contributed by atoms with Gasteiger partial charge in [-0.3, -0.25) is 14.4 Å². The summed E-state index contributed by atoms with van der Waals surface area (Å²) in [6.45, 7) is 1.63. The van der Waals surface area contributed by atoms with Crippen molar-refractivity contribution in [2.75, 3.05) is 24.7 Å². The highest BCUT2D eigenvalue weighted by atomic mass is 16.3. The third-order valence-electron chi connectivity index (χ3n) is 9.78. The molecule has 0 aromatic heterocycles. The predicted octanol–water partition coefficient (Wildman–Crippen LogP) is 1.46. The van der Waals surface area contributed by atoms with Crippen molar-refractivity contribution in [1.29, 1.82) is 0 Å². The van der Waals surface area contributed by atoms with Gasteiger partial charge in [-0.2, -0.15) is 0 Å². The average Bonchev–Trinajstić information content (AvgIpc) is 3.00. The molecule has 46 heavy (non-hydrogen) atoms. The first kappa shape index (κ1) is 31.2. The molecule has 2 fully saturated rings. The highest BCUT2D eigenvalue weighted by Crippen LogP contribution is 2.56. The van der Waals surface area contributed by atoms with E-state index in [9.17, 15) is 44.7 Å². The van der Waals surface area contributed by atoms with Crippen LogP contribution in [-0.4, -0.2) is 91.9 Å². The quantitative estimate of drug-likeness (QED) is 0.153. The summed E-state index contributed by atoms with van der Waals surface area (Å²) in [4.78, 5) is 54.4. The maximum atomic E-state index is 14.2. The summed E-state index contributed by atoms with van der Waals surface area (Å²) in [5.41, 5.74) is 2.33. The number of phenols is 1. The standard InChI is InChI=1S/C33H34N4O9/c1-13-15-11-12-18(36-32(45)35-17-10-6-8-14-7-4-5-9-16(14)17)25(38)20(15)26(39)21-19(13)27(40)23-24(37(2)3)28(41)22(31(34)44)30(43)33(23,46)29(21)42/h4-13,19,22-24,27-28,38-41,46H,1-3H3,(H2,34,44)(H2,35,36,45)/t13-,19?,22?,23?,24-,27-,28?,33-/m0/s1. The van der Waals surface area contributed by atoms with Crippen LogP contribution >= 0.6 is 0 Å². The number of nitrogens with one attached hydrogen (secondary N) is 2. The van der Waals surface area contributed by atoms with Crippen molar-refractivity contribution < 1.29 is 44.7 Å². The number of aliphatic hydroxyl groups is 4. The number of aromatic hydroxyl groups is 1. The van der Waals surface area contributed by atoms with Crippen LogP contribution in [0.4, 0.5) is 16.2 Å². The van der Waals surface area contributed by atoms with Gasteiger partial charge in [0.25, 0.3) is 0 Å². The summed E-state index contributed by atoms with van der Waals surface area (Å²) in [7, 11) is 2.98. The van der Waals surface area contributed by atoms with E-state index in [0.717, 1.165) is 10.8 Å². The van der Waals surface area contributed by atoms with Crippen LogP contribution < -0.4 is 16.4 Å². The van der Waals surface area contributed by atoms with Crippen LogP contribution in [-0.2, 0) is 14.4 Å². The Morgan fingerprint density at radius 2 is 1.57 bits per heavy atom. The summed E-state index contributed by atoms with van der Waals surface area (Å²) in [5.74, 6) is -10.8. The van der Waals surface area contributed by atoms with Gasteiger partial charge in [0.2, 0.25) is 11.7 Å². The van der Waals surface area contributed by atoms with E-state index >= 15 is 0 Å². The first-order chi connectivity index (χ1) is 21.7. The zero-order chi connectivity index (χ0) is 33.4. The number of hydrogen-bond donors (Lipinski definition) is 8. The average molecular weight is 631 g/mol. The largest absolute Gasteiger partial charge is 0.507 e. The van der Waals surface area contributed by atoms with Crippen molar-refractivity contribution in [3.8, 4) is 5.75 Å². The van der Waals surface area contributed by atoms with Crippen LogP contribution in [0.2, 0.25) is 0 Å². The zero-order valence-corrected chi connectivity index (χ0v) is 25.1. The summed E-state index contributed by atoms with van der Waals surface area (Å²) in [6, 6.07) is 13.7. The molecule has 0 aliphatic heterocycles. The molecule has 0 heterocycles. The third-order valence-corrected chi connectivity index (χ3v) is 9.78. The predicted molar refractivity (Wildman–Crippen MR) is 167 cm³/mol. The number of urea groups is 1. The van der Waals surface area contributed by atoms with Gasteiger partial charge < -0.3 is 46.8 Å². The number of nitrogens with zero attached hydrogens (tertiary/aromatic N) is 1. The Morgan fingerprint density at radius 1 is 0.913 bits per heavy atom. The van der Waals surface area contributed by atoms with Gasteiger partial charge in [-0.15, -0.1) is 0 Å². The number of amides is 3. The molecule has 9 N–H and O–H groups in total. The minimum Gasteiger partial charge on any atom is -0.507 e. The summed E-state index contributed by atoms with van der Waals surface area (Å²) >= 11 is 0. The molecule has 8 atom stereocenters. The normalized spacial score (nSPS) is 30.5. The van der Waals surface area contributed by atoms with Gasteiger partial charge in [-0.1, -0.05) is 49.4 Å². The SMILES string of the molecule is C[C@H]1c2ccc(NC(=O)Nc3cccc4ccccc34)c(O)c2C(O)=C2C(=O)[C@]3(O)C(=O)C(C(N)=O)C(O)[C@@H](N(C)C)C3[C@@H](O)C21. The van der Waals surface area contributed by atoms with Gasteiger partial charge >= 0.3 is 6.03 Å². The number of hydrogen-bond acceptors (Lipinski definition) is 10. The van der Waals surface area contributed by atoms with Crippen LogP contribution in [0, 0.1) is 17.8 Å². The van der Waals surface area contributed by atoms with Gasteiger partial charge in [-0.05, 0) is 43.1 Å². The van der Waals surface area contributed by atoms with E-state index in [1.165, 1.54) is 31.1 Å². The van der Waals surface area contributed by atoms with Crippen molar-refractivity contribution in [3.63, 3.8) is 0 Å². The Morgan fingerprint density at radius 3 is 2.24 bits per heavy atom. The smallest absolute Gasteiger partial charge is 0.323 e. The Bertz CT molecular complexity index is 1850. The molecule has 2 saturated carbocycles. The Kier molecular flexibility index (Phi) is 7.40. The van der Waals surface area contributed by atoms with E-state index in [1.807, 2.05) is 30.3 Å². The fraction of sp³-hybridized carbons (Fsp3) is 0.333. The number of ketones is 2. The number of primary amides is 1. The molecule has 0 bridgehead atoms. The lowest BCUT2D eigenvalue weighted by Crippen LogP contribution is -2.76. The van der Waals surface area contributed by atoms with Crippen LogP contribution in [0.5, 0.6) is 5.75 Å². The number of carbonyl (C=O) groups excluding carboxylic acids is 4. The number of anilines is 2. The molecule has 3 aliphatic carbocycles. The second-order valence-corrected chi connectivity index (χ2v) is 12.4. The number of aliphatic hydroxyl groups excluding tert-OH is 3. The van der Waals surface area contributed by atoms with E-state index in [1.54, 1.807) is 19.1 Å². The first-order valence-corrected chi connectivity index (χ1v) is 14.7. The number of likely N-dealkylation sites (N-methyl/N-ethyl adjacent to an activating group) is 1. The molecule has 13 nitrogen and oxygen atoms in total. The van der Waals surface area contributed by atoms with Crippen LogP contribution in [0.25, 0.3) is 16.5 Å². The summed E-state index contributed by atoms with van der Waals surface area (Å²) < 4.78 is 0. The number of carbonyl (C=O) groups is 4. The fourth-order valence-electron chi connectivity index (χ4n) is 7.69. The van der Waals surface area contributed by atoms with Crippen molar-refractivity contribution in [2.24, 2.45) is 23.5 Å². The van der Waals surface area contributed by atoms with Crippen LogP contribution in [0.1, 0.15) is 24.0 Å². The van der Waals surface area contributed by atoms with E-state index < -0.39 is 88.1 Å². The number of benzene rings is 3. The monoisotopic (exact) mass is 630 g/mol. The van der Waals surface area contributed by atoms with Crippen molar-refractivity contribution in [2.45, 2.75) is 36.7 Å². The van der Waals surface area contributed by atoms with Gasteiger partial charge in [0.1, 0.15) is 17.4 Å². The van der Waals surface area contributed by atoms with Gasteiger partial charge in [0, 0.05) is 28.8 Å². The maximum Gasteiger partial charge on any atom is 0.323 e. The molecule has 13 heteroatoms. The van der Waals surface area contributed by atoms with Crippen molar-refractivity contribution in [3.05, 3.63) is 71.3 Å². The zero-order valence-electron chi connectivity index (χ0n) is 25.1. The molecule has 0 radical (unpaired) electrons. The molecule has 3 aliphatic rings. The van der Waals surface area contributed by atoms with E-state index in [2.05, 4.69) is 10.6 Å². The van der Waals surface area contributed by atoms with Gasteiger partial charge in [0.05, 0.1) is 29.1 Å². The van der Waals surface area contributed by atoms with E-state index in [0.29, 0.717) is 11.3 Å². The molecule has 240 valence electrons.